The second-order valence-electron chi connectivity index (χ2n) is 7.43. The topological polar surface area (TPSA) is 41.6 Å². The van der Waals surface area contributed by atoms with Crippen molar-refractivity contribution in [2.45, 2.75) is 58.1 Å². The van der Waals surface area contributed by atoms with Gasteiger partial charge in [-0.3, -0.25) is 4.79 Å². The maximum atomic E-state index is 12.6. The lowest BCUT2D eigenvalue weighted by molar-refractivity contribution is -0.139. The van der Waals surface area contributed by atoms with E-state index in [1.54, 1.807) is 0 Å². The molecule has 0 aromatic heterocycles. The number of benzene rings is 1. The number of carbonyl (C=O) groups excluding carboxylic acids is 1. The van der Waals surface area contributed by atoms with Gasteiger partial charge >= 0.3 is 0 Å². The summed E-state index contributed by atoms with van der Waals surface area (Å²) in [6, 6.07) is 8.58. The smallest absolute Gasteiger partial charge is 0.263 e. The SMILES string of the molecule is CNC1CCN(C(=O)C(C)Oc2cccc(C(C)(C)C)c2)CC1. The third kappa shape index (κ3) is 4.71. The van der Waals surface area contributed by atoms with E-state index >= 15 is 0 Å². The number of likely N-dealkylation sites (tertiary alicyclic amines) is 1. The number of amides is 1. The van der Waals surface area contributed by atoms with Crippen LogP contribution >= 0.6 is 0 Å². The summed E-state index contributed by atoms with van der Waals surface area (Å²) >= 11 is 0. The average molecular weight is 318 g/mol. The van der Waals surface area contributed by atoms with Crippen molar-refractivity contribution in [3.05, 3.63) is 29.8 Å². The minimum Gasteiger partial charge on any atom is -0.481 e. The third-order valence-corrected chi connectivity index (χ3v) is 4.58. The monoisotopic (exact) mass is 318 g/mol. The lowest BCUT2D eigenvalue weighted by Gasteiger charge is -2.33. The van der Waals surface area contributed by atoms with Gasteiger partial charge in [0.1, 0.15) is 5.75 Å². The van der Waals surface area contributed by atoms with Gasteiger partial charge in [0, 0.05) is 19.1 Å². The van der Waals surface area contributed by atoms with Gasteiger partial charge in [-0.25, -0.2) is 0 Å². The summed E-state index contributed by atoms with van der Waals surface area (Å²) in [5.74, 6) is 0.851. The van der Waals surface area contributed by atoms with Crippen LogP contribution in [0.1, 0.15) is 46.1 Å². The maximum absolute atomic E-state index is 12.6. The fraction of sp³-hybridized carbons (Fsp3) is 0.632. The van der Waals surface area contributed by atoms with Crippen LogP contribution in [0.4, 0.5) is 0 Å². The standard InChI is InChI=1S/C19H30N2O2/c1-14(18(22)21-11-9-16(20-5)10-12-21)23-17-8-6-7-15(13-17)19(2,3)4/h6-8,13-14,16,20H,9-12H2,1-5H3. The van der Waals surface area contributed by atoms with E-state index in [2.05, 4.69) is 32.2 Å². The highest BCUT2D eigenvalue weighted by atomic mass is 16.5. The van der Waals surface area contributed by atoms with Crippen molar-refractivity contribution >= 4 is 5.91 Å². The molecule has 128 valence electrons. The van der Waals surface area contributed by atoms with Crippen molar-refractivity contribution in [1.82, 2.24) is 10.2 Å². The molecule has 0 radical (unpaired) electrons. The van der Waals surface area contributed by atoms with E-state index < -0.39 is 6.10 Å². The zero-order valence-electron chi connectivity index (χ0n) is 15.1. The Morgan fingerprint density at radius 1 is 1.30 bits per heavy atom. The van der Waals surface area contributed by atoms with Crippen LogP contribution in [0.3, 0.4) is 0 Å². The molecule has 2 rings (SSSR count). The highest BCUT2D eigenvalue weighted by Gasteiger charge is 2.26. The Balaban J connectivity index is 1.96. The van der Waals surface area contributed by atoms with E-state index in [-0.39, 0.29) is 11.3 Å². The Morgan fingerprint density at radius 2 is 1.96 bits per heavy atom. The molecule has 1 heterocycles. The minimum absolute atomic E-state index is 0.0711. The molecule has 4 heteroatoms. The van der Waals surface area contributed by atoms with E-state index in [1.807, 2.05) is 37.1 Å². The summed E-state index contributed by atoms with van der Waals surface area (Å²) in [5.41, 5.74) is 1.28. The fourth-order valence-corrected chi connectivity index (χ4v) is 2.94. The predicted octanol–water partition coefficient (Wildman–Crippen LogP) is 2.96. The van der Waals surface area contributed by atoms with Crippen LogP contribution in [0, 0.1) is 0 Å². The van der Waals surface area contributed by atoms with Gasteiger partial charge in [0.15, 0.2) is 6.10 Å². The van der Waals surface area contributed by atoms with Gasteiger partial charge in [-0.15, -0.1) is 0 Å². The van der Waals surface area contributed by atoms with Gasteiger partial charge in [-0.05, 0) is 49.9 Å². The Bertz CT molecular complexity index is 528. The minimum atomic E-state index is -0.448. The Labute approximate surface area is 140 Å². The van der Waals surface area contributed by atoms with Gasteiger partial charge in [0.25, 0.3) is 5.91 Å². The Morgan fingerprint density at radius 3 is 2.52 bits per heavy atom. The molecule has 1 N–H and O–H groups in total. The molecule has 1 aliphatic rings. The zero-order chi connectivity index (χ0) is 17.0. The normalized spacial score (nSPS) is 17.9. The number of piperidine rings is 1. The first-order valence-corrected chi connectivity index (χ1v) is 8.54. The molecule has 0 aliphatic carbocycles. The first-order valence-electron chi connectivity index (χ1n) is 8.54. The summed E-state index contributed by atoms with van der Waals surface area (Å²) in [4.78, 5) is 14.5. The van der Waals surface area contributed by atoms with Crippen molar-refractivity contribution in [3.63, 3.8) is 0 Å². The second-order valence-corrected chi connectivity index (χ2v) is 7.43. The van der Waals surface area contributed by atoms with E-state index in [9.17, 15) is 4.79 Å². The first kappa shape index (κ1) is 17.8. The summed E-state index contributed by atoms with van der Waals surface area (Å²) in [7, 11) is 1.98. The highest BCUT2D eigenvalue weighted by Crippen LogP contribution is 2.26. The number of nitrogens with zero attached hydrogens (tertiary/aromatic N) is 1. The second kappa shape index (κ2) is 7.35. The average Bonchev–Trinajstić information content (AvgIpc) is 2.53. The quantitative estimate of drug-likeness (QED) is 0.928. The summed E-state index contributed by atoms with van der Waals surface area (Å²) in [6.07, 6.45) is 1.57. The van der Waals surface area contributed by atoms with E-state index in [4.69, 9.17) is 4.74 Å². The Kier molecular flexibility index (Phi) is 5.69. The van der Waals surface area contributed by atoms with Crippen molar-refractivity contribution < 1.29 is 9.53 Å². The molecule has 1 aliphatic heterocycles. The third-order valence-electron chi connectivity index (χ3n) is 4.58. The summed E-state index contributed by atoms with van der Waals surface area (Å²) in [5, 5.41) is 3.28. The number of carbonyl (C=O) groups is 1. The summed E-state index contributed by atoms with van der Waals surface area (Å²) < 4.78 is 5.91. The van der Waals surface area contributed by atoms with Crippen LogP contribution in [-0.2, 0) is 10.2 Å². The number of hydrogen-bond acceptors (Lipinski definition) is 3. The molecule has 1 fully saturated rings. The van der Waals surface area contributed by atoms with Crippen LogP contribution in [0.2, 0.25) is 0 Å². The molecule has 1 aromatic rings. The molecule has 1 unspecified atom stereocenters. The predicted molar refractivity (Wildman–Crippen MR) is 93.9 cm³/mol. The van der Waals surface area contributed by atoms with Crippen LogP contribution in [0.5, 0.6) is 5.75 Å². The van der Waals surface area contributed by atoms with Gasteiger partial charge in [0.05, 0.1) is 0 Å². The van der Waals surface area contributed by atoms with Crippen molar-refractivity contribution in [3.8, 4) is 5.75 Å². The van der Waals surface area contributed by atoms with Gasteiger partial charge in [-0.2, -0.15) is 0 Å². The molecular weight excluding hydrogens is 288 g/mol. The van der Waals surface area contributed by atoms with Crippen LogP contribution in [0.25, 0.3) is 0 Å². The van der Waals surface area contributed by atoms with Crippen LogP contribution < -0.4 is 10.1 Å². The molecule has 0 saturated carbocycles. The lowest BCUT2D eigenvalue weighted by Crippen LogP contribution is -2.48. The van der Waals surface area contributed by atoms with Crippen molar-refractivity contribution in [1.29, 1.82) is 0 Å². The molecule has 0 spiro atoms. The number of hydrogen-bond donors (Lipinski definition) is 1. The van der Waals surface area contributed by atoms with Crippen LogP contribution in [0.15, 0.2) is 24.3 Å². The van der Waals surface area contributed by atoms with E-state index in [1.165, 1.54) is 5.56 Å². The Hall–Kier alpha value is -1.55. The molecule has 23 heavy (non-hydrogen) atoms. The zero-order valence-corrected chi connectivity index (χ0v) is 15.1. The molecule has 1 saturated heterocycles. The molecule has 1 aromatic carbocycles. The molecule has 4 nitrogen and oxygen atoms in total. The van der Waals surface area contributed by atoms with E-state index in [0.29, 0.717) is 6.04 Å². The van der Waals surface area contributed by atoms with Gasteiger partial charge in [-0.1, -0.05) is 32.9 Å². The molecule has 0 bridgehead atoms. The van der Waals surface area contributed by atoms with Crippen LogP contribution in [-0.4, -0.2) is 43.1 Å². The highest BCUT2D eigenvalue weighted by molar-refractivity contribution is 5.81. The maximum Gasteiger partial charge on any atom is 0.263 e. The summed E-state index contributed by atoms with van der Waals surface area (Å²) in [6.45, 7) is 9.97. The lowest BCUT2D eigenvalue weighted by atomic mass is 9.87. The molecular formula is C19H30N2O2. The number of nitrogens with one attached hydrogen (secondary N) is 1. The largest absolute Gasteiger partial charge is 0.481 e. The van der Waals surface area contributed by atoms with E-state index in [0.717, 1.165) is 31.7 Å². The molecule has 1 atom stereocenters. The first-order chi connectivity index (χ1) is 10.8. The number of ether oxygens (including phenoxy) is 1. The fourth-order valence-electron chi connectivity index (χ4n) is 2.94. The molecule has 1 amide bonds. The number of rotatable bonds is 4. The van der Waals surface area contributed by atoms with Gasteiger partial charge in [0.2, 0.25) is 0 Å². The van der Waals surface area contributed by atoms with Crippen molar-refractivity contribution in [2.75, 3.05) is 20.1 Å². The van der Waals surface area contributed by atoms with Crippen molar-refractivity contribution in [2.24, 2.45) is 0 Å². The van der Waals surface area contributed by atoms with Gasteiger partial charge < -0.3 is 15.0 Å².